The van der Waals surface area contributed by atoms with Crippen molar-refractivity contribution in [2.24, 2.45) is 0 Å². The van der Waals surface area contributed by atoms with Crippen molar-refractivity contribution < 1.29 is 13.2 Å². The summed E-state index contributed by atoms with van der Waals surface area (Å²) in [7, 11) is -2.24. The minimum absolute atomic E-state index is 0.183. The minimum atomic E-state index is -3.74. The lowest BCUT2D eigenvalue weighted by atomic mass is 10.2. The van der Waals surface area contributed by atoms with Gasteiger partial charge in [0.2, 0.25) is 15.9 Å². The van der Waals surface area contributed by atoms with Crippen molar-refractivity contribution in [3.8, 4) is 0 Å². The van der Waals surface area contributed by atoms with E-state index in [1.54, 1.807) is 19.1 Å². The number of benzene rings is 1. The van der Waals surface area contributed by atoms with E-state index in [1.165, 1.54) is 17.4 Å². The van der Waals surface area contributed by atoms with E-state index in [0.717, 1.165) is 0 Å². The van der Waals surface area contributed by atoms with Crippen molar-refractivity contribution >= 4 is 27.5 Å². The van der Waals surface area contributed by atoms with Gasteiger partial charge in [-0.1, -0.05) is 11.6 Å². The van der Waals surface area contributed by atoms with Crippen LogP contribution in [0.1, 0.15) is 5.56 Å². The molecule has 6 nitrogen and oxygen atoms in total. The van der Waals surface area contributed by atoms with E-state index >= 15 is 0 Å². The molecule has 1 saturated heterocycles. The number of nitrogens with one attached hydrogen (secondary N) is 2. The third kappa shape index (κ3) is 3.21. The normalized spacial score (nSPS) is 20.2. The third-order valence-electron chi connectivity index (χ3n) is 3.47. The molecule has 2 N–H and O–H groups in total. The molecule has 0 aromatic heterocycles. The molecule has 0 spiro atoms. The average Bonchev–Trinajstić information content (AvgIpc) is 2.46. The van der Waals surface area contributed by atoms with Gasteiger partial charge in [0.1, 0.15) is 6.04 Å². The van der Waals surface area contributed by atoms with Gasteiger partial charge < -0.3 is 10.6 Å². The quantitative estimate of drug-likeness (QED) is 0.838. The van der Waals surface area contributed by atoms with E-state index in [0.29, 0.717) is 23.7 Å². The topological polar surface area (TPSA) is 78.5 Å². The molecule has 0 saturated carbocycles. The predicted molar refractivity (Wildman–Crippen MR) is 80.8 cm³/mol. The summed E-state index contributed by atoms with van der Waals surface area (Å²) < 4.78 is 26.9. The lowest BCUT2D eigenvalue weighted by Gasteiger charge is -2.34. The number of aryl methyl sites for hydroxylation is 1. The number of sulfonamides is 1. The first-order chi connectivity index (χ1) is 9.87. The van der Waals surface area contributed by atoms with Crippen LogP contribution in [0, 0.1) is 6.92 Å². The number of amides is 1. The summed E-state index contributed by atoms with van der Waals surface area (Å²) in [5, 5.41) is 6.03. The molecule has 1 aliphatic rings. The molecule has 0 bridgehead atoms. The number of rotatable bonds is 3. The number of hydrogen-bond donors (Lipinski definition) is 2. The number of likely N-dealkylation sites (N-methyl/N-ethyl adjacent to an activating group) is 1. The van der Waals surface area contributed by atoms with Gasteiger partial charge in [0.15, 0.2) is 0 Å². The van der Waals surface area contributed by atoms with Crippen LogP contribution in [0.25, 0.3) is 0 Å². The largest absolute Gasteiger partial charge is 0.358 e. The van der Waals surface area contributed by atoms with Crippen LogP contribution >= 0.6 is 11.6 Å². The number of hydrogen-bond acceptors (Lipinski definition) is 4. The van der Waals surface area contributed by atoms with Crippen LogP contribution in [-0.4, -0.2) is 51.4 Å². The van der Waals surface area contributed by atoms with Crippen LogP contribution in [0.5, 0.6) is 0 Å². The molecule has 1 fully saturated rings. The standard InChI is InChI=1S/C13H18ClN3O3S/c1-9-7-10(14)3-4-12(9)21(19,20)17-6-5-16-8-11(17)13(18)15-2/h3-4,7,11,16H,5-6,8H2,1-2H3,(H,15,18). The summed E-state index contributed by atoms with van der Waals surface area (Å²) in [5.74, 6) is -0.322. The molecular weight excluding hydrogens is 314 g/mol. The van der Waals surface area contributed by atoms with Crippen LogP contribution < -0.4 is 10.6 Å². The van der Waals surface area contributed by atoms with Gasteiger partial charge >= 0.3 is 0 Å². The average molecular weight is 332 g/mol. The van der Waals surface area contributed by atoms with Gasteiger partial charge in [-0.25, -0.2) is 8.42 Å². The second kappa shape index (κ2) is 6.31. The molecule has 116 valence electrons. The minimum Gasteiger partial charge on any atom is -0.358 e. The molecule has 1 aromatic rings. The maximum Gasteiger partial charge on any atom is 0.244 e. The first-order valence-electron chi connectivity index (χ1n) is 6.58. The van der Waals surface area contributed by atoms with Gasteiger partial charge in [-0.05, 0) is 30.7 Å². The summed E-state index contributed by atoms with van der Waals surface area (Å²) in [6.45, 7) is 2.75. The molecule has 1 amide bonds. The SMILES string of the molecule is CNC(=O)C1CNCCN1S(=O)(=O)c1ccc(Cl)cc1C. The maximum atomic E-state index is 12.8. The molecule has 0 radical (unpaired) electrons. The van der Waals surface area contributed by atoms with E-state index in [4.69, 9.17) is 11.6 Å². The Hall–Kier alpha value is -1.15. The Morgan fingerprint density at radius 3 is 2.81 bits per heavy atom. The molecule has 8 heteroatoms. The zero-order valence-electron chi connectivity index (χ0n) is 11.9. The molecule has 1 aromatic carbocycles. The van der Waals surface area contributed by atoms with Crippen LogP contribution in [0.4, 0.5) is 0 Å². The molecular formula is C13H18ClN3O3S. The highest BCUT2D eigenvalue weighted by Crippen LogP contribution is 2.25. The number of nitrogens with zero attached hydrogens (tertiary/aromatic N) is 1. The molecule has 1 atom stereocenters. The smallest absolute Gasteiger partial charge is 0.244 e. The number of piperazine rings is 1. The van der Waals surface area contributed by atoms with E-state index in [9.17, 15) is 13.2 Å². The summed E-state index contributed by atoms with van der Waals surface area (Å²) in [5.41, 5.74) is 0.566. The van der Waals surface area contributed by atoms with Crippen molar-refractivity contribution in [3.63, 3.8) is 0 Å². The van der Waals surface area contributed by atoms with E-state index in [1.807, 2.05) is 0 Å². The third-order valence-corrected chi connectivity index (χ3v) is 5.77. The summed E-state index contributed by atoms with van der Waals surface area (Å²) in [4.78, 5) is 12.1. The molecule has 0 aliphatic carbocycles. The highest BCUT2D eigenvalue weighted by molar-refractivity contribution is 7.89. The Kier molecular flexibility index (Phi) is 4.88. The van der Waals surface area contributed by atoms with Crippen LogP contribution in [0.15, 0.2) is 23.1 Å². The Bertz CT molecular complexity index is 648. The summed E-state index contributed by atoms with van der Waals surface area (Å²) in [6, 6.07) is 3.88. The number of halogens is 1. The maximum absolute atomic E-state index is 12.8. The molecule has 1 aliphatic heterocycles. The fourth-order valence-electron chi connectivity index (χ4n) is 2.39. The molecule has 1 unspecified atom stereocenters. The van der Waals surface area contributed by atoms with Crippen LogP contribution in [0.3, 0.4) is 0 Å². The molecule has 2 rings (SSSR count). The van der Waals surface area contributed by atoms with Crippen molar-refractivity contribution in [2.45, 2.75) is 17.9 Å². The highest BCUT2D eigenvalue weighted by atomic mass is 35.5. The van der Waals surface area contributed by atoms with Gasteiger partial charge in [0.05, 0.1) is 4.90 Å². The van der Waals surface area contributed by atoms with Crippen LogP contribution in [-0.2, 0) is 14.8 Å². The Balaban J connectivity index is 2.43. The predicted octanol–water partition coefficient (Wildman–Crippen LogP) is 0.357. The number of carbonyl (C=O) groups is 1. The van der Waals surface area contributed by atoms with Gasteiger partial charge in [0, 0.05) is 31.7 Å². The second-order valence-electron chi connectivity index (χ2n) is 4.86. The highest BCUT2D eigenvalue weighted by Gasteiger charge is 2.37. The first-order valence-corrected chi connectivity index (χ1v) is 8.40. The van der Waals surface area contributed by atoms with Gasteiger partial charge in [-0.3, -0.25) is 4.79 Å². The molecule has 21 heavy (non-hydrogen) atoms. The van der Waals surface area contributed by atoms with Crippen molar-refractivity contribution in [3.05, 3.63) is 28.8 Å². The summed E-state index contributed by atoms with van der Waals surface area (Å²) >= 11 is 5.87. The van der Waals surface area contributed by atoms with Gasteiger partial charge in [-0.15, -0.1) is 0 Å². The molecule has 1 heterocycles. The fourth-order valence-corrected chi connectivity index (χ4v) is 4.41. The van der Waals surface area contributed by atoms with Gasteiger partial charge in [-0.2, -0.15) is 4.31 Å². The lowest BCUT2D eigenvalue weighted by Crippen LogP contribution is -2.59. The Morgan fingerprint density at radius 1 is 1.48 bits per heavy atom. The van der Waals surface area contributed by atoms with Crippen molar-refractivity contribution in [2.75, 3.05) is 26.7 Å². The first kappa shape index (κ1) is 16.2. The van der Waals surface area contributed by atoms with Crippen molar-refractivity contribution in [1.29, 1.82) is 0 Å². The lowest BCUT2D eigenvalue weighted by molar-refractivity contribution is -0.124. The van der Waals surface area contributed by atoms with Crippen LogP contribution in [0.2, 0.25) is 5.02 Å². The Morgan fingerprint density at radius 2 is 2.19 bits per heavy atom. The van der Waals surface area contributed by atoms with Gasteiger partial charge in [0.25, 0.3) is 0 Å². The number of carbonyl (C=O) groups excluding carboxylic acids is 1. The Labute approximate surface area is 129 Å². The van der Waals surface area contributed by atoms with E-state index in [2.05, 4.69) is 10.6 Å². The second-order valence-corrected chi connectivity index (χ2v) is 7.16. The van der Waals surface area contributed by atoms with Crippen molar-refractivity contribution in [1.82, 2.24) is 14.9 Å². The zero-order chi connectivity index (χ0) is 15.6. The monoisotopic (exact) mass is 331 g/mol. The zero-order valence-corrected chi connectivity index (χ0v) is 13.5. The van der Waals surface area contributed by atoms with E-state index in [-0.39, 0.29) is 17.3 Å². The fraction of sp³-hybridized carbons (Fsp3) is 0.462. The summed E-state index contributed by atoms with van der Waals surface area (Å²) in [6.07, 6.45) is 0. The van der Waals surface area contributed by atoms with E-state index < -0.39 is 16.1 Å².